The monoisotopic (exact) mass is 226 g/mol. The third-order valence-electron chi connectivity index (χ3n) is 1.33. The third-order valence-corrected chi connectivity index (χ3v) is 1.33. The van der Waals surface area contributed by atoms with Crippen LogP contribution in [0.15, 0.2) is 17.2 Å². The normalized spacial score (nSPS) is 11.3. The van der Waals surface area contributed by atoms with Crippen molar-refractivity contribution in [3.8, 4) is 5.75 Å². The lowest BCUT2D eigenvalue weighted by Gasteiger charge is -2.10. The van der Waals surface area contributed by atoms with Crippen LogP contribution in [0.1, 0.15) is 0 Å². The van der Waals surface area contributed by atoms with E-state index in [0.717, 1.165) is 0 Å². The predicted molar refractivity (Wildman–Crippen MR) is 37.8 cm³/mol. The fourth-order valence-corrected chi connectivity index (χ4v) is 0.824. The Morgan fingerprint density at radius 2 is 1.60 bits per heavy atom. The van der Waals surface area contributed by atoms with Gasteiger partial charge in [-0.05, 0) is 0 Å². The van der Waals surface area contributed by atoms with Crippen LogP contribution < -0.4 is 4.74 Å². The highest BCUT2D eigenvalue weighted by Crippen LogP contribution is 2.31. The summed E-state index contributed by atoms with van der Waals surface area (Å²) >= 11 is 0. The average molecular weight is 226 g/mol. The summed E-state index contributed by atoms with van der Waals surface area (Å²) in [5, 5.41) is 2.66. The fourth-order valence-electron chi connectivity index (χ4n) is 0.824. The molecule has 1 N–H and O–H groups in total. The van der Waals surface area contributed by atoms with Crippen molar-refractivity contribution in [3.63, 3.8) is 0 Å². The molecule has 1 rings (SSSR count). The standard InChI is InChI=1S/C7H3F5N2O/c8-4-1-3(14-13)2-5(9)6(4)15-7(10,11)12/h1-2,13H. The van der Waals surface area contributed by atoms with Crippen LogP contribution >= 0.6 is 0 Å². The van der Waals surface area contributed by atoms with Gasteiger partial charge in [0.1, 0.15) is 0 Å². The zero-order valence-electron chi connectivity index (χ0n) is 6.90. The highest BCUT2D eigenvalue weighted by Gasteiger charge is 2.34. The molecule has 0 aromatic heterocycles. The lowest BCUT2D eigenvalue weighted by Crippen LogP contribution is -2.18. The molecule has 15 heavy (non-hydrogen) atoms. The second-order valence-corrected chi connectivity index (χ2v) is 2.40. The first kappa shape index (κ1) is 11.3. The Kier molecular flexibility index (Phi) is 2.87. The second-order valence-electron chi connectivity index (χ2n) is 2.40. The van der Waals surface area contributed by atoms with Gasteiger partial charge in [0.25, 0.3) is 0 Å². The smallest absolute Gasteiger partial charge is 0.399 e. The van der Waals surface area contributed by atoms with Gasteiger partial charge in [-0.3, -0.25) is 0 Å². The maximum absolute atomic E-state index is 12.8. The summed E-state index contributed by atoms with van der Waals surface area (Å²) in [5.74, 6) is -4.70. The van der Waals surface area contributed by atoms with Crippen molar-refractivity contribution in [2.45, 2.75) is 6.36 Å². The minimum atomic E-state index is -5.18. The number of alkyl halides is 3. The molecule has 0 bridgehead atoms. The van der Waals surface area contributed by atoms with Crippen molar-refractivity contribution >= 4 is 5.69 Å². The molecule has 0 saturated carbocycles. The Morgan fingerprint density at radius 1 is 1.13 bits per heavy atom. The molecular formula is C7H3F5N2O. The van der Waals surface area contributed by atoms with E-state index < -0.39 is 29.4 Å². The lowest BCUT2D eigenvalue weighted by atomic mass is 10.3. The van der Waals surface area contributed by atoms with E-state index in [0.29, 0.717) is 12.1 Å². The number of hydrogen-bond acceptors (Lipinski definition) is 3. The minimum absolute atomic E-state index is 0.445. The molecule has 1 aromatic rings. The molecule has 0 aliphatic carbocycles. The van der Waals surface area contributed by atoms with Gasteiger partial charge in [0, 0.05) is 12.1 Å². The van der Waals surface area contributed by atoms with E-state index in [1.165, 1.54) is 0 Å². The van der Waals surface area contributed by atoms with Crippen LogP contribution in [-0.2, 0) is 0 Å². The summed E-state index contributed by atoms with van der Waals surface area (Å²) in [6.45, 7) is 0. The van der Waals surface area contributed by atoms with E-state index in [2.05, 4.69) is 9.85 Å². The molecule has 0 spiro atoms. The molecular weight excluding hydrogens is 223 g/mol. The molecule has 0 unspecified atom stereocenters. The second kappa shape index (κ2) is 3.79. The van der Waals surface area contributed by atoms with Gasteiger partial charge in [0.2, 0.25) is 5.75 Å². The molecule has 0 aliphatic heterocycles. The lowest BCUT2D eigenvalue weighted by molar-refractivity contribution is -0.276. The first-order chi connectivity index (χ1) is 6.83. The molecule has 0 radical (unpaired) electrons. The van der Waals surface area contributed by atoms with Crippen molar-refractivity contribution in [1.29, 1.82) is 5.53 Å². The van der Waals surface area contributed by atoms with Gasteiger partial charge in [0.15, 0.2) is 11.6 Å². The van der Waals surface area contributed by atoms with E-state index in [1.54, 1.807) is 0 Å². The van der Waals surface area contributed by atoms with Crippen molar-refractivity contribution in [1.82, 2.24) is 0 Å². The molecule has 8 heteroatoms. The van der Waals surface area contributed by atoms with E-state index in [-0.39, 0.29) is 0 Å². The maximum atomic E-state index is 12.8. The molecule has 82 valence electrons. The summed E-state index contributed by atoms with van der Waals surface area (Å²) in [5.41, 5.74) is 5.97. The topological polar surface area (TPSA) is 45.4 Å². The number of benzene rings is 1. The van der Waals surface area contributed by atoms with Crippen molar-refractivity contribution in [2.24, 2.45) is 5.11 Å². The van der Waals surface area contributed by atoms with E-state index in [9.17, 15) is 22.0 Å². The zero-order valence-corrected chi connectivity index (χ0v) is 6.90. The molecule has 0 saturated heterocycles. The number of nitrogens with zero attached hydrogens (tertiary/aromatic N) is 1. The van der Waals surface area contributed by atoms with Gasteiger partial charge in [-0.1, -0.05) is 0 Å². The molecule has 3 nitrogen and oxygen atoms in total. The van der Waals surface area contributed by atoms with Crippen LogP contribution in [0.2, 0.25) is 0 Å². The van der Waals surface area contributed by atoms with Gasteiger partial charge < -0.3 is 4.74 Å². The Morgan fingerprint density at radius 3 is 1.93 bits per heavy atom. The number of hydrogen-bond donors (Lipinski definition) is 1. The Hall–Kier alpha value is -1.73. The number of rotatable bonds is 2. The molecule has 0 atom stereocenters. The first-order valence-electron chi connectivity index (χ1n) is 3.46. The summed E-state index contributed by atoms with van der Waals surface area (Å²) in [7, 11) is 0. The van der Waals surface area contributed by atoms with Crippen molar-refractivity contribution in [3.05, 3.63) is 23.8 Å². The maximum Gasteiger partial charge on any atom is 0.573 e. The van der Waals surface area contributed by atoms with Gasteiger partial charge in [-0.15, -0.1) is 13.2 Å². The van der Waals surface area contributed by atoms with Crippen LogP contribution in [0.5, 0.6) is 5.75 Å². The number of halogens is 5. The molecule has 0 heterocycles. The van der Waals surface area contributed by atoms with Crippen molar-refractivity contribution in [2.75, 3.05) is 0 Å². The Balaban J connectivity index is 3.14. The average Bonchev–Trinajstić information content (AvgIpc) is 2.09. The highest BCUT2D eigenvalue weighted by atomic mass is 19.4. The summed E-state index contributed by atoms with van der Waals surface area (Å²) in [6, 6.07) is 0.911. The predicted octanol–water partition coefficient (Wildman–Crippen LogP) is 3.53. The van der Waals surface area contributed by atoms with Gasteiger partial charge in [0.05, 0.1) is 5.69 Å². The van der Waals surface area contributed by atoms with Gasteiger partial charge >= 0.3 is 6.36 Å². The van der Waals surface area contributed by atoms with E-state index in [4.69, 9.17) is 5.53 Å². The molecule has 0 amide bonds. The quantitative estimate of drug-likeness (QED) is 0.608. The minimum Gasteiger partial charge on any atom is -0.399 e. The fraction of sp³-hybridized carbons (Fsp3) is 0.143. The first-order valence-corrected chi connectivity index (χ1v) is 3.46. The summed E-state index contributed by atoms with van der Waals surface area (Å²) in [6.07, 6.45) is -5.18. The van der Waals surface area contributed by atoms with Gasteiger partial charge in [-0.2, -0.15) is 5.11 Å². The molecule has 0 aliphatic rings. The van der Waals surface area contributed by atoms with Crippen LogP contribution in [0, 0.1) is 17.2 Å². The van der Waals surface area contributed by atoms with Crippen molar-refractivity contribution < 1.29 is 26.7 Å². The number of ether oxygens (including phenoxy) is 1. The van der Waals surface area contributed by atoms with Crippen LogP contribution in [0.25, 0.3) is 0 Å². The zero-order chi connectivity index (χ0) is 11.6. The molecule has 1 aromatic carbocycles. The van der Waals surface area contributed by atoms with E-state index >= 15 is 0 Å². The summed E-state index contributed by atoms with van der Waals surface area (Å²) < 4.78 is 63.8. The van der Waals surface area contributed by atoms with Gasteiger partial charge in [-0.25, -0.2) is 14.3 Å². The molecule has 0 fully saturated rings. The Labute approximate surface area is 80.0 Å². The largest absolute Gasteiger partial charge is 0.573 e. The van der Waals surface area contributed by atoms with Crippen LogP contribution in [0.3, 0.4) is 0 Å². The highest BCUT2D eigenvalue weighted by molar-refractivity contribution is 5.42. The number of nitrogens with one attached hydrogen (secondary N) is 1. The summed E-state index contributed by atoms with van der Waals surface area (Å²) in [4.78, 5) is 0. The van der Waals surface area contributed by atoms with Crippen LogP contribution in [0.4, 0.5) is 27.6 Å². The SMILES string of the molecule is N=Nc1cc(F)c(OC(F)(F)F)c(F)c1. The van der Waals surface area contributed by atoms with E-state index in [1.807, 2.05) is 0 Å². The Bertz CT molecular complexity index is 366. The van der Waals surface area contributed by atoms with Crippen LogP contribution in [-0.4, -0.2) is 6.36 Å². The third kappa shape index (κ3) is 2.86.